The van der Waals surface area contributed by atoms with E-state index in [0.29, 0.717) is 0 Å². The van der Waals surface area contributed by atoms with Crippen LogP contribution in [0, 0.1) is 0 Å². The normalized spacial score (nSPS) is 18.6. The number of fused-ring (bicyclic) bond motifs is 3. The van der Waals surface area contributed by atoms with E-state index in [1.165, 1.54) is 0 Å². The molecule has 1 unspecified atom stereocenters. The van der Waals surface area contributed by atoms with E-state index in [0.717, 1.165) is 34.8 Å². The van der Waals surface area contributed by atoms with Crippen molar-refractivity contribution in [3.05, 3.63) is 34.9 Å². The molecule has 3 aromatic heterocycles. The quantitative estimate of drug-likeness (QED) is 0.726. The van der Waals surface area contributed by atoms with E-state index in [1.54, 1.807) is 17.5 Å². The summed E-state index contributed by atoms with van der Waals surface area (Å²) in [6, 6.07) is 4.23. The zero-order valence-electron chi connectivity index (χ0n) is 9.58. The van der Waals surface area contributed by atoms with Gasteiger partial charge in [0, 0.05) is 24.3 Å². The summed E-state index contributed by atoms with van der Waals surface area (Å²) in [7, 11) is 0. The number of pyridine rings is 1. The molecule has 4 heterocycles. The van der Waals surface area contributed by atoms with Crippen molar-refractivity contribution < 1.29 is 0 Å². The lowest BCUT2D eigenvalue weighted by atomic mass is 10.2. The highest BCUT2D eigenvalue weighted by molar-refractivity contribution is 7.09. The molecular formula is C12H11N5S. The summed E-state index contributed by atoms with van der Waals surface area (Å²) in [5.74, 6) is 1.06. The van der Waals surface area contributed by atoms with Gasteiger partial charge in [-0.25, -0.2) is 14.6 Å². The van der Waals surface area contributed by atoms with Crippen LogP contribution in [-0.4, -0.2) is 26.3 Å². The molecule has 4 rings (SSSR count). The molecule has 0 saturated carbocycles. The largest absolute Gasteiger partial charge is 0.370 e. The van der Waals surface area contributed by atoms with Gasteiger partial charge in [0.05, 0.1) is 5.39 Å². The van der Waals surface area contributed by atoms with Gasteiger partial charge in [-0.1, -0.05) is 0 Å². The first-order valence-corrected chi connectivity index (χ1v) is 6.78. The zero-order chi connectivity index (χ0) is 11.9. The number of aromatic nitrogens is 4. The minimum atomic E-state index is 0.232. The van der Waals surface area contributed by atoms with E-state index in [1.807, 2.05) is 22.3 Å². The highest BCUT2D eigenvalue weighted by Gasteiger charge is 2.26. The van der Waals surface area contributed by atoms with Gasteiger partial charge >= 0.3 is 0 Å². The first-order chi connectivity index (χ1) is 8.93. The Morgan fingerprint density at radius 3 is 3.22 bits per heavy atom. The molecule has 0 amide bonds. The molecule has 3 aromatic rings. The van der Waals surface area contributed by atoms with Gasteiger partial charge in [0.15, 0.2) is 5.65 Å². The van der Waals surface area contributed by atoms with Gasteiger partial charge in [-0.15, -0.1) is 16.4 Å². The molecule has 6 heteroatoms. The fourth-order valence-corrected chi connectivity index (χ4v) is 3.17. The molecule has 1 N–H and O–H groups in total. The van der Waals surface area contributed by atoms with E-state index >= 15 is 0 Å². The van der Waals surface area contributed by atoms with Crippen LogP contribution in [0.15, 0.2) is 29.9 Å². The van der Waals surface area contributed by atoms with E-state index in [2.05, 4.69) is 26.4 Å². The average molecular weight is 257 g/mol. The van der Waals surface area contributed by atoms with Crippen molar-refractivity contribution in [2.45, 2.75) is 12.5 Å². The molecule has 0 saturated heterocycles. The van der Waals surface area contributed by atoms with Crippen LogP contribution < -0.4 is 5.32 Å². The first-order valence-electron chi connectivity index (χ1n) is 5.90. The summed E-state index contributed by atoms with van der Waals surface area (Å²) in [5.41, 5.74) is 0.795. The third kappa shape index (κ3) is 1.35. The van der Waals surface area contributed by atoms with Gasteiger partial charge in [-0.05, 0) is 18.6 Å². The second kappa shape index (κ2) is 3.78. The maximum absolute atomic E-state index is 4.60. The Hall–Kier alpha value is -1.95. The highest BCUT2D eigenvalue weighted by atomic mass is 32.1. The molecule has 1 aliphatic heterocycles. The van der Waals surface area contributed by atoms with E-state index in [4.69, 9.17) is 0 Å². The van der Waals surface area contributed by atoms with Crippen LogP contribution in [0.3, 0.4) is 0 Å². The number of hydrogen-bond donors (Lipinski definition) is 1. The van der Waals surface area contributed by atoms with E-state index in [9.17, 15) is 0 Å². The summed E-state index contributed by atoms with van der Waals surface area (Å²) < 4.78 is 2.03. The Morgan fingerprint density at radius 2 is 2.33 bits per heavy atom. The summed E-state index contributed by atoms with van der Waals surface area (Å²) in [5, 5.41) is 12.2. The Balaban J connectivity index is 1.94. The van der Waals surface area contributed by atoms with Crippen LogP contribution in [0.5, 0.6) is 0 Å². The molecule has 1 atom stereocenters. The number of nitrogens with zero attached hydrogens (tertiary/aromatic N) is 4. The van der Waals surface area contributed by atoms with Crippen molar-refractivity contribution in [2.24, 2.45) is 0 Å². The number of rotatable bonds is 1. The second-order valence-electron chi connectivity index (χ2n) is 4.27. The monoisotopic (exact) mass is 257 g/mol. The van der Waals surface area contributed by atoms with Gasteiger partial charge in [-0.2, -0.15) is 0 Å². The molecule has 90 valence electrons. The predicted molar refractivity (Wildman–Crippen MR) is 70.9 cm³/mol. The summed E-state index contributed by atoms with van der Waals surface area (Å²) in [4.78, 5) is 8.73. The minimum Gasteiger partial charge on any atom is -0.370 e. The average Bonchev–Trinajstić information content (AvgIpc) is 3.05. The maximum Gasteiger partial charge on any atom is 0.183 e. The Bertz CT molecular complexity index is 688. The summed E-state index contributed by atoms with van der Waals surface area (Å²) >= 11 is 1.68. The minimum absolute atomic E-state index is 0.232. The number of thiazole rings is 1. The number of nitrogens with one attached hydrogen (secondary N) is 1. The van der Waals surface area contributed by atoms with Crippen molar-refractivity contribution in [1.29, 1.82) is 0 Å². The third-order valence-electron chi connectivity index (χ3n) is 3.22. The fraction of sp³-hybridized carbons (Fsp3) is 0.250. The maximum atomic E-state index is 4.60. The van der Waals surface area contributed by atoms with Gasteiger partial charge in [0.1, 0.15) is 16.9 Å². The second-order valence-corrected chi connectivity index (χ2v) is 5.20. The highest BCUT2D eigenvalue weighted by Crippen LogP contribution is 2.34. The van der Waals surface area contributed by atoms with Crippen molar-refractivity contribution in [2.75, 3.05) is 11.9 Å². The summed E-state index contributed by atoms with van der Waals surface area (Å²) in [6.07, 6.45) is 4.64. The lowest BCUT2D eigenvalue weighted by molar-refractivity contribution is 0.483. The summed E-state index contributed by atoms with van der Waals surface area (Å²) in [6.45, 7) is 0.944. The lowest BCUT2D eigenvalue weighted by Gasteiger charge is -2.23. The zero-order valence-corrected chi connectivity index (χ0v) is 10.4. The van der Waals surface area contributed by atoms with E-state index < -0.39 is 0 Å². The van der Waals surface area contributed by atoms with Crippen LogP contribution in [0.25, 0.3) is 11.0 Å². The molecule has 0 bridgehead atoms. The first kappa shape index (κ1) is 10.0. The standard InChI is InChI=1S/C12H11N5S/c1-2-8-10(13-4-1)16-17-9(3-5-14-11(8)17)12-15-6-7-18-12/h1-2,4,6-7,9,14H,3,5H2. The Labute approximate surface area is 107 Å². The molecular weight excluding hydrogens is 246 g/mol. The molecule has 0 fully saturated rings. The topological polar surface area (TPSA) is 55.6 Å². The molecule has 0 aromatic carbocycles. The molecule has 18 heavy (non-hydrogen) atoms. The van der Waals surface area contributed by atoms with Crippen LogP contribution in [0.1, 0.15) is 17.5 Å². The van der Waals surface area contributed by atoms with Crippen LogP contribution in [0.2, 0.25) is 0 Å². The fourth-order valence-electron chi connectivity index (χ4n) is 2.42. The van der Waals surface area contributed by atoms with Crippen molar-refractivity contribution >= 4 is 28.2 Å². The molecule has 5 nitrogen and oxygen atoms in total. The van der Waals surface area contributed by atoms with Crippen LogP contribution >= 0.6 is 11.3 Å². The smallest absolute Gasteiger partial charge is 0.183 e. The van der Waals surface area contributed by atoms with Crippen molar-refractivity contribution in [3.63, 3.8) is 0 Å². The number of hydrogen-bond acceptors (Lipinski definition) is 5. The van der Waals surface area contributed by atoms with Gasteiger partial charge in [0.25, 0.3) is 0 Å². The lowest BCUT2D eigenvalue weighted by Crippen LogP contribution is -2.24. The molecule has 0 spiro atoms. The molecule has 0 radical (unpaired) electrons. The SMILES string of the molecule is c1cnc2nn3c(c2c1)NCCC3c1nccs1. The Morgan fingerprint density at radius 1 is 1.33 bits per heavy atom. The predicted octanol–water partition coefficient (Wildman–Crippen LogP) is 2.29. The van der Waals surface area contributed by atoms with E-state index in [-0.39, 0.29) is 6.04 Å². The molecule has 0 aliphatic carbocycles. The van der Waals surface area contributed by atoms with Gasteiger partial charge < -0.3 is 5.32 Å². The van der Waals surface area contributed by atoms with Crippen molar-refractivity contribution in [1.82, 2.24) is 19.7 Å². The van der Waals surface area contributed by atoms with Gasteiger partial charge in [0.2, 0.25) is 0 Å². The molecule has 1 aliphatic rings. The van der Waals surface area contributed by atoms with Crippen molar-refractivity contribution in [3.8, 4) is 0 Å². The van der Waals surface area contributed by atoms with Crippen LogP contribution in [0.4, 0.5) is 5.82 Å². The van der Waals surface area contributed by atoms with Crippen LogP contribution in [-0.2, 0) is 0 Å². The third-order valence-corrected chi connectivity index (χ3v) is 4.09. The Kier molecular flexibility index (Phi) is 2.10. The van der Waals surface area contributed by atoms with Gasteiger partial charge in [-0.3, -0.25) is 0 Å². The number of anilines is 1.